The van der Waals surface area contributed by atoms with Gasteiger partial charge in [-0.1, -0.05) is 24.3 Å². The van der Waals surface area contributed by atoms with Crippen molar-refractivity contribution in [3.8, 4) is 0 Å². The molecular weight excluding hydrogens is 283 g/mol. The Morgan fingerprint density at radius 3 is 2.16 bits per heavy atom. The van der Waals surface area contributed by atoms with E-state index in [1.165, 1.54) is 11.1 Å². The van der Waals surface area contributed by atoms with Crippen molar-refractivity contribution in [3.63, 3.8) is 0 Å². The van der Waals surface area contributed by atoms with E-state index in [1.54, 1.807) is 0 Å². The topological polar surface area (TPSA) is 35.5 Å². The Kier molecular flexibility index (Phi) is 9.40. The molecule has 0 aromatic heterocycles. The van der Waals surface area contributed by atoms with Crippen LogP contribution in [0.3, 0.4) is 0 Å². The molecule has 3 nitrogen and oxygen atoms in total. The van der Waals surface area contributed by atoms with Crippen LogP contribution in [0.4, 0.5) is 0 Å². The molecule has 19 heavy (non-hydrogen) atoms. The average Bonchev–Trinajstić information content (AvgIpc) is 2.35. The number of hydrogen-bond acceptors (Lipinski definition) is 3. The van der Waals surface area contributed by atoms with Gasteiger partial charge in [-0.15, -0.1) is 24.8 Å². The minimum atomic E-state index is -0.0794. The number of nitrogens with zero attached hydrogens (tertiary/aromatic N) is 1. The Balaban J connectivity index is 0.00000162. The second kappa shape index (κ2) is 9.56. The molecule has 0 aliphatic carbocycles. The van der Waals surface area contributed by atoms with Crippen molar-refractivity contribution < 1.29 is 5.11 Å². The summed E-state index contributed by atoms with van der Waals surface area (Å²) in [6.45, 7) is 3.96. The van der Waals surface area contributed by atoms with Crippen LogP contribution in [0.15, 0.2) is 24.3 Å². The van der Waals surface area contributed by atoms with Crippen LogP contribution in [0.2, 0.25) is 0 Å². The lowest BCUT2D eigenvalue weighted by molar-refractivity contribution is 0.0792. The lowest BCUT2D eigenvalue weighted by Gasteiger charge is -2.29. The Hall–Kier alpha value is -0.320. The van der Waals surface area contributed by atoms with Crippen molar-refractivity contribution in [2.75, 3.05) is 20.1 Å². The highest BCUT2D eigenvalue weighted by Crippen LogP contribution is 2.14. The van der Waals surface area contributed by atoms with Gasteiger partial charge in [0.15, 0.2) is 0 Å². The van der Waals surface area contributed by atoms with Crippen molar-refractivity contribution in [3.05, 3.63) is 35.4 Å². The minimum Gasteiger partial charge on any atom is -0.393 e. The van der Waals surface area contributed by atoms with Gasteiger partial charge in [-0.2, -0.15) is 0 Å². The van der Waals surface area contributed by atoms with Gasteiger partial charge in [-0.25, -0.2) is 0 Å². The second-order valence-electron chi connectivity index (χ2n) is 4.85. The molecule has 0 unspecified atom stereocenters. The number of likely N-dealkylation sites (tertiary alicyclic amines) is 1. The third-order valence-corrected chi connectivity index (χ3v) is 3.37. The molecule has 5 heteroatoms. The quantitative estimate of drug-likeness (QED) is 0.895. The zero-order valence-corrected chi connectivity index (χ0v) is 13.0. The fraction of sp³-hybridized carbons (Fsp3) is 0.571. The van der Waals surface area contributed by atoms with E-state index >= 15 is 0 Å². The zero-order chi connectivity index (χ0) is 12.1. The lowest BCUT2D eigenvalue weighted by Crippen LogP contribution is -2.35. The van der Waals surface area contributed by atoms with Gasteiger partial charge in [0.05, 0.1) is 6.10 Å². The zero-order valence-electron chi connectivity index (χ0n) is 11.3. The second-order valence-corrected chi connectivity index (χ2v) is 4.85. The van der Waals surface area contributed by atoms with Crippen molar-refractivity contribution in [2.24, 2.45) is 0 Å². The molecule has 0 saturated carbocycles. The molecule has 1 aromatic carbocycles. The summed E-state index contributed by atoms with van der Waals surface area (Å²) >= 11 is 0. The molecule has 2 rings (SSSR count). The highest BCUT2D eigenvalue weighted by Gasteiger charge is 2.16. The number of aliphatic hydroxyl groups excluding tert-OH is 1. The average molecular weight is 307 g/mol. The summed E-state index contributed by atoms with van der Waals surface area (Å²) in [6, 6.07) is 8.78. The molecule has 1 aromatic rings. The number of benzene rings is 1. The number of nitrogens with one attached hydrogen (secondary N) is 1. The van der Waals surface area contributed by atoms with Crippen molar-refractivity contribution in [1.29, 1.82) is 0 Å². The Bertz CT molecular complexity index is 338. The van der Waals surface area contributed by atoms with E-state index < -0.39 is 0 Å². The molecular formula is C14H24Cl2N2O. The fourth-order valence-electron chi connectivity index (χ4n) is 2.30. The first-order valence-electron chi connectivity index (χ1n) is 6.41. The fourth-order valence-corrected chi connectivity index (χ4v) is 2.30. The summed E-state index contributed by atoms with van der Waals surface area (Å²) in [4.78, 5) is 2.42. The number of piperidine rings is 1. The molecule has 1 fully saturated rings. The van der Waals surface area contributed by atoms with Gasteiger partial charge >= 0.3 is 0 Å². The predicted octanol–water partition coefficient (Wildman–Crippen LogP) is 2.21. The molecule has 0 spiro atoms. The molecule has 0 amide bonds. The molecule has 0 atom stereocenters. The van der Waals surface area contributed by atoms with E-state index in [2.05, 4.69) is 34.5 Å². The standard InChI is InChI=1S/C14H22N2O.2ClH/c1-15-10-12-2-4-13(5-3-12)11-16-8-6-14(17)7-9-16;;/h2-5,14-15,17H,6-11H2,1H3;2*1H. The van der Waals surface area contributed by atoms with Crippen LogP contribution < -0.4 is 5.32 Å². The first kappa shape index (κ1) is 18.7. The molecule has 1 saturated heterocycles. The van der Waals surface area contributed by atoms with Crippen LogP contribution in [-0.2, 0) is 13.1 Å². The van der Waals surface area contributed by atoms with Gasteiger partial charge in [0.1, 0.15) is 0 Å². The number of halogens is 2. The van der Waals surface area contributed by atoms with Crippen molar-refractivity contribution >= 4 is 24.8 Å². The number of hydrogen-bond donors (Lipinski definition) is 2. The summed E-state index contributed by atoms with van der Waals surface area (Å²) in [5.41, 5.74) is 2.69. The lowest BCUT2D eigenvalue weighted by atomic mass is 10.1. The normalized spacial score (nSPS) is 16.5. The third kappa shape index (κ3) is 6.11. The highest BCUT2D eigenvalue weighted by atomic mass is 35.5. The molecule has 0 bridgehead atoms. The first-order chi connectivity index (χ1) is 8.28. The van der Waals surface area contributed by atoms with Gasteiger partial charge in [0.2, 0.25) is 0 Å². The number of rotatable bonds is 4. The maximum Gasteiger partial charge on any atom is 0.0564 e. The monoisotopic (exact) mass is 306 g/mol. The van der Waals surface area contributed by atoms with E-state index in [9.17, 15) is 5.11 Å². The van der Waals surface area contributed by atoms with Gasteiger partial charge in [0, 0.05) is 26.2 Å². The van der Waals surface area contributed by atoms with Crippen LogP contribution in [0.5, 0.6) is 0 Å². The summed E-state index contributed by atoms with van der Waals surface area (Å²) < 4.78 is 0. The van der Waals surface area contributed by atoms with Gasteiger partial charge in [-0.3, -0.25) is 4.90 Å². The largest absolute Gasteiger partial charge is 0.393 e. The molecule has 110 valence electrons. The Morgan fingerprint density at radius 1 is 1.11 bits per heavy atom. The molecule has 2 N–H and O–H groups in total. The maximum absolute atomic E-state index is 9.45. The summed E-state index contributed by atoms with van der Waals surface area (Å²) in [7, 11) is 1.97. The van der Waals surface area contributed by atoms with Gasteiger partial charge < -0.3 is 10.4 Å². The molecule has 1 aliphatic heterocycles. The SMILES string of the molecule is CNCc1ccc(CN2CCC(O)CC2)cc1.Cl.Cl. The highest BCUT2D eigenvalue weighted by molar-refractivity contribution is 5.85. The predicted molar refractivity (Wildman–Crippen MR) is 84.2 cm³/mol. The van der Waals surface area contributed by atoms with Crippen molar-refractivity contribution in [1.82, 2.24) is 10.2 Å². The molecule has 1 aliphatic rings. The van der Waals surface area contributed by atoms with Crippen LogP contribution >= 0.6 is 24.8 Å². The van der Waals surface area contributed by atoms with Crippen LogP contribution in [0, 0.1) is 0 Å². The van der Waals surface area contributed by atoms with Crippen LogP contribution in [0.25, 0.3) is 0 Å². The molecule has 0 radical (unpaired) electrons. The summed E-state index contributed by atoms with van der Waals surface area (Å²) in [6.07, 6.45) is 1.75. The Labute approximate surface area is 128 Å². The summed E-state index contributed by atoms with van der Waals surface area (Å²) in [5, 5.41) is 12.6. The van der Waals surface area contributed by atoms with Gasteiger partial charge in [0.25, 0.3) is 0 Å². The number of aliphatic hydroxyl groups is 1. The van der Waals surface area contributed by atoms with E-state index in [4.69, 9.17) is 0 Å². The van der Waals surface area contributed by atoms with E-state index in [0.29, 0.717) is 0 Å². The minimum absolute atomic E-state index is 0. The molecule has 1 heterocycles. The smallest absolute Gasteiger partial charge is 0.0564 e. The maximum atomic E-state index is 9.45. The first-order valence-corrected chi connectivity index (χ1v) is 6.41. The van der Waals surface area contributed by atoms with Crippen LogP contribution in [0.1, 0.15) is 24.0 Å². The van der Waals surface area contributed by atoms with Crippen molar-refractivity contribution in [2.45, 2.75) is 32.0 Å². The third-order valence-electron chi connectivity index (χ3n) is 3.37. The van der Waals surface area contributed by atoms with Gasteiger partial charge in [-0.05, 0) is 31.0 Å². The van der Waals surface area contributed by atoms with E-state index in [0.717, 1.165) is 39.0 Å². The van der Waals surface area contributed by atoms with Crippen LogP contribution in [-0.4, -0.2) is 36.2 Å². The van der Waals surface area contributed by atoms with E-state index in [-0.39, 0.29) is 30.9 Å². The summed E-state index contributed by atoms with van der Waals surface area (Å²) in [5.74, 6) is 0. The van der Waals surface area contributed by atoms with E-state index in [1.807, 2.05) is 7.05 Å². The Morgan fingerprint density at radius 2 is 1.63 bits per heavy atom.